The summed E-state index contributed by atoms with van der Waals surface area (Å²) in [7, 11) is 0. The van der Waals surface area contributed by atoms with Crippen LogP contribution in [0.5, 0.6) is 0 Å². The Morgan fingerprint density at radius 1 is 1.29 bits per heavy atom. The topological polar surface area (TPSA) is 63.8 Å². The van der Waals surface area contributed by atoms with Crippen LogP contribution >= 0.6 is 11.6 Å². The average molecular weight is 357 g/mol. The highest BCUT2D eigenvalue weighted by Crippen LogP contribution is 2.42. The number of benzene rings is 1. The summed E-state index contributed by atoms with van der Waals surface area (Å²) in [6, 6.07) is 5.90. The van der Waals surface area contributed by atoms with Crippen molar-refractivity contribution in [2.24, 2.45) is 5.92 Å². The molecule has 3 N–H and O–H groups in total. The van der Waals surface area contributed by atoms with Gasteiger partial charge in [0, 0.05) is 0 Å². The van der Waals surface area contributed by atoms with E-state index in [1.807, 2.05) is 32.0 Å². The number of hydrogen-bond donors (Lipinski definition) is 2. The van der Waals surface area contributed by atoms with Crippen molar-refractivity contribution in [3.05, 3.63) is 45.6 Å². The molecule has 0 spiro atoms. The summed E-state index contributed by atoms with van der Waals surface area (Å²) >= 11 is 5.89. The lowest BCUT2D eigenvalue weighted by atomic mass is 10.0. The molecule has 4 nitrogen and oxygen atoms in total. The van der Waals surface area contributed by atoms with Crippen molar-refractivity contribution < 1.29 is 13.2 Å². The normalized spacial score (nSPS) is 20.1. The maximum absolute atomic E-state index is 13.0. The van der Waals surface area contributed by atoms with Crippen molar-refractivity contribution in [3.8, 4) is 0 Å². The first-order valence-corrected chi connectivity index (χ1v) is 7.80. The van der Waals surface area contributed by atoms with E-state index in [9.17, 15) is 13.2 Å². The van der Waals surface area contributed by atoms with Crippen LogP contribution < -0.4 is 11.1 Å². The van der Waals surface area contributed by atoms with E-state index >= 15 is 0 Å². The fourth-order valence-corrected chi connectivity index (χ4v) is 3.32. The molecule has 0 unspecified atom stereocenters. The fraction of sp³-hybridized carbons (Fsp3) is 0.375. The second-order valence-corrected chi connectivity index (χ2v) is 6.47. The van der Waals surface area contributed by atoms with Gasteiger partial charge in [-0.25, -0.2) is 4.98 Å². The molecule has 0 amide bonds. The Morgan fingerprint density at radius 3 is 2.67 bits per heavy atom. The van der Waals surface area contributed by atoms with Gasteiger partial charge >= 0.3 is 6.18 Å². The fourth-order valence-electron chi connectivity index (χ4n) is 3.08. The SMILES string of the molecule is Cc1ccc2c(c1)[C@H](Nc1nc(N)nc(C(F)(F)F)c1Cl)[C@@H](C)C2. The van der Waals surface area contributed by atoms with Gasteiger partial charge in [0.25, 0.3) is 0 Å². The van der Waals surface area contributed by atoms with Crippen LogP contribution in [0.25, 0.3) is 0 Å². The van der Waals surface area contributed by atoms with Crippen molar-refractivity contribution >= 4 is 23.4 Å². The van der Waals surface area contributed by atoms with Crippen LogP contribution in [0.15, 0.2) is 18.2 Å². The number of aromatic nitrogens is 2. The molecule has 1 aliphatic rings. The molecule has 128 valence electrons. The van der Waals surface area contributed by atoms with Crippen molar-refractivity contribution in [1.29, 1.82) is 0 Å². The van der Waals surface area contributed by atoms with Crippen LogP contribution in [0.1, 0.15) is 35.3 Å². The molecule has 24 heavy (non-hydrogen) atoms. The summed E-state index contributed by atoms with van der Waals surface area (Å²) in [5.41, 5.74) is 7.50. The molecule has 0 saturated carbocycles. The molecule has 8 heteroatoms. The number of nitrogens with one attached hydrogen (secondary N) is 1. The molecule has 2 aromatic rings. The zero-order chi connectivity index (χ0) is 17.6. The molecular formula is C16H16ClF3N4. The van der Waals surface area contributed by atoms with E-state index in [1.54, 1.807) is 0 Å². The monoisotopic (exact) mass is 356 g/mol. The number of alkyl halides is 3. The van der Waals surface area contributed by atoms with E-state index in [0.717, 1.165) is 17.5 Å². The van der Waals surface area contributed by atoms with E-state index in [2.05, 4.69) is 15.3 Å². The van der Waals surface area contributed by atoms with E-state index in [-0.39, 0.29) is 17.8 Å². The molecule has 0 bridgehead atoms. The predicted octanol–water partition coefficient (Wildman–Crippen LogP) is 4.38. The zero-order valence-electron chi connectivity index (χ0n) is 13.1. The number of nitrogen functional groups attached to an aromatic ring is 1. The molecule has 0 saturated heterocycles. The first kappa shape index (κ1) is 16.8. The van der Waals surface area contributed by atoms with Gasteiger partial charge in [0.1, 0.15) is 5.02 Å². The number of anilines is 2. The van der Waals surface area contributed by atoms with Crippen LogP contribution in [0, 0.1) is 12.8 Å². The quantitative estimate of drug-likeness (QED) is 0.838. The maximum Gasteiger partial charge on any atom is 0.435 e. The minimum atomic E-state index is -4.69. The Hall–Kier alpha value is -2.02. The van der Waals surface area contributed by atoms with Gasteiger partial charge in [-0.15, -0.1) is 0 Å². The van der Waals surface area contributed by atoms with Crippen molar-refractivity contribution in [1.82, 2.24) is 9.97 Å². The first-order valence-electron chi connectivity index (χ1n) is 7.43. The third-order valence-electron chi connectivity index (χ3n) is 4.18. The highest BCUT2D eigenvalue weighted by Gasteiger charge is 2.38. The number of rotatable bonds is 2. The molecule has 1 aromatic heterocycles. The third-order valence-corrected chi connectivity index (χ3v) is 4.53. The molecule has 0 fully saturated rings. The number of fused-ring (bicyclic) bond motifs is 1. The van der Waals surface area contributed by atoms with Gasteiger partial charge in [0.15, 0.2) is 11.5 Å². The standard InChI is InChI=1S/C16H16ClF3N4/c1-7-3-4-9-6-8(2)12(10(9)5-7)22-14-11(17)13(16(18,19)20)23-15(21)24-14/h3-5,8,12H,6H2,1-2H3,(H3,21,22,23,24)/t8-,12+/m0/s1. The molecule has 2 atom stereocenters. The van der Waals surface area contributed by atoms with Gasteiger partial charge in [-0.3, -0.25) is 0 Å². The highest BCUT2D eigenvalue weighted by atomic mass is 35.5. The van der Waals surface area contributed by atoms with E-state index in [1.165, 1.54) is 5.56 Å². The Bertz CT molecular complexity index is 792. The summed E-state index contributed by atoms with van der Waals surface area (Å²) in [5.74, 6) is -0.379. The summed E-state index contributed by atoms with van der Waals surface area (Å²) in [5, 5.41) is 2.47. The van der Waals surface area contributed by atoms with Crippen LogP contribution in [-0.4, -0.2) is 9.97 Å². The van der Waals surface area contributed by atoms with Crippen molar-refractivity contribution in [3.63, 3.8) is 0 Å². The third kappa shape index (κ3) is 3.00. The van der Waals surface area contributed by atoms with Crippen LogP contribution in [0.4, 0.5) is 24.9 Å². The van der Waals surface area contributed by atoms with E-state index < -0.39 is 22.8 Å². The summed E-state index contributed by atoms with van der Waals surface area (Å²) in [6.45, 7) is 3.99. The van der Waals surface area contributed by atoms with Crippen LogP contribution in [0.3, 0.4) is 0 Å². The van der Waals surface area contributed by atoms with Crippen molar-refractivity contribution in [2.45, 2.75) is 32.5 Å². The minimum Gasteiger partial charge on any atom is -0.368 e. The number of hydrogen-bond acceptors (Lipinski definition) is 4. The second kappa shape index (κ2) is 5.81. The van der Waals surface area contributed by atoms with E-state index in [0.29, 0.717) is 0 Å². The number of aryl methyl sites for hydroxylation is 1. The molecule has 1 aliphatic carbocycles. The Balaban J connectivity index is 2.01. The van der Waals surface area contributed by atoms with Crippen LogP contribution in [-0.2, 0) is 12.6 Å². The van der Waals surface area contributed by atoms with Gasteiger partial charge in [-0.05, 0) is 30.4 Å². The van der Waals surface area contributed by atoms with E-state index in [4.69, 9.17) is 17.3 Å². The van der Waals surface area contributed by atoms with Crippen molar-refractivity contribution in [2.75, 3.05) is 11.1 Å². The minimum absolute atomic E-state index is 0.0947. The number of nitrogens with two attached hydrogens (primary N) is 1. The van der Waals surface area contributed by atoms with Gasteiger partial charge in [0.2, 0.25) is 5.95 Å². The van der Waals surface area contributed by atoms with Gasteiger partial charge in [-0.2, -0.15) is 18.2 Å². The molecule has 0 radical (unpaired) electrons. The zero-order valence-corrected chi connectivity index (χ0v) is 13.8. The van der Waals surface area contributed by atoms with Gasteiger partial charge < -0.3 is 11.1 Å². The Kier molecular flexibility index (Phi) is 4.07. The molecular weight excluding hydrogens is 341 g/mol. The smallest absolute Gasteiger partial charge is 0.368 e. The Labute approximate surface area is 142 Å². The summed E-state index contributed by atoms with van der Waals surface area (Å²) in [6.07, 6.45) is -3.86. The molecule has 1 aromatic carbocycles. The lowest BCUT2D eigenvalue weighted by Gasteiger charge is -2.21. The largest absolute Gasteiger partial charge is 0.435 e. The lowest BCUT2D eigenvalue weighted by molar-refractivity contribution is -0.141. The lowest BCUT2D eigenvalue weighted by Crippen LogP contribution is -2.19. The first-order chi connectivity index (χ1) is 11.2. The summed E-state index contributed by atoms with van der Waals surface area (Å²) < 4.78 is 39.1. The Morgan fingerprint density at radius 2 is 2.00 bits per heavy atom. The maximum atomic E-state index is 13.0. The number of halogens is 4. The highest BCUT2D eigenvalue weighted by molar-refractivity contribution is 6.33. The van der Waals surface area contributed by atoms with Crippen LogP contribution in [0.2, 0.25) is 5.02 Å². The second-order valence-electron chi connectivity index (χ2n) is 6.10. The average Bonchev–Trinajstić information content (AvgIpc) is 2.77. The van der Waals surface area contributed by atoms with Gasteiger partial charge in [0.05, 0.1) is 6.04 Å². The molecule has 1 heterocycles. The van der Waals surface area contributed by atoms with Gasteiger partial charge in [-0.1, -0.05) is 42.3 Å². The number of nitrogens with zero attached hydrogens (tertiary/aromatic N) is 2. The predicted molar refractivity (Wildman–Crippen MR) is 86.9 cm³/mol. The summed E-state index contributed by atoms with van der Waals surface area (Å²) in [4.78, 5) is 7.09. The molecule has 3 rings (SSSR count). The molecule has 0 aliphatic heterocycles.